The second-order valence-corrected chi connectivity index (χ2v) is 3.83. The van der Waals surface area contributed by atoms with Crippen molar-refractivity contribution in [3.8, 4) is 0 Å². The zero-order valence-corrected chi connectivity index (χ0v) is 9.33. The number of amidine groups is 1. The first-order valence-corrected chi connectivity index (χ1v) is 5.11. The third-order valence-corrected chi connectivity index (χ3v) is 2.36. The maximum absolute atomic E-state index is 12.7. The van der Waals surface area contributed by atoms with E-state index in [1.54, 1.807) is 18.2 Å². The summed E-state index contributed by atoms with van der Waals surface area (Å²) in [5, 5.41) is -2.19. The number of hydrogen-bond acceptors (Lipinski definition) is 2. The molecule has 0 saturated heterocycles. The molecule has 0 aliphatic rings. The average Bonchev–Trinajstić information content (AvgIpc) is 2.28. The molecule has 1 aromatic heterocycles. The highest BCUT2D eigenvalue weighted by atomic mass is 35.5. The summed E-state index contributed by atoms with van der Waals surface area (Å²) in [6, 6.07) is 8.89. The van der Waals surface area contributed by atoms with Crippen LogP contribution in [0.1, 0.15) is 0 Å². The number of rotatable bonds is 2. The summed E-state index contributed by atoms with van der Waals surface area (Å²) in [6.45, 7) is 0. The summed E-state index contributed by atoms with van der Waals surface area (Å²) in [5.74, 6) is -0.844. The lowest BCUT2D eigenvalue weighted by Gasteiger charge is -2.07. The predicted molar refractivity (Wildman–Crippen MR) is 63.8 cm³/mol. The van der Waals surface area contributed by atoms with E-state index in [1.807, 2.05) is 12.1 Å². The second kappa shape index (κ2) is 4.25. The van der Waals surface area contributed by atoms with Crippen LogP contribution in [-0.4, -0.2) is 16.2 Å². The van der Waals surface area contributed by atoms with E-state index in [2.05, 4.69) is 9.98 Å². The van der Waals surface area contributed by atoms with Crippen molar-refractivity contribution in [1.29, 1.82) is 0 Å². The third-order valence-electron chi connectivity index (χ3n) is 2.17. The lowest BCUT2D eigenvalue weighted by Crippen LogP contribution is -2.29. The Labute approximate surface area is 101 Å². The van der Waals surface area contributed by atoms with Gasteiger partial charge in [0.15, 0.2) is 11.7 Å². The molecule has 0 bridgehead atoms. The minimum atomic E-state index is -3.67. The Morgan fingerprint density at radius 3 is 2.71 bits per heavy atom. The number of halogens is 3. The summed E-state index contributed by atoms with van der Waals surface area (Å²) in [4.78, 5) is 7.46. The SMILES string of the molecule is NC(=Nc1nccc2ccccc12)C(F)(F)Cl. The molecular weight excluding hydrogens is 248 g/mol. The van der Waals surface area contributed by atoms with Crippen LogP contribution >= 0.6 is 11.6 Å². The Kier molecular flexibility index (Phi) is 2.93. The highest BCUT2D eigenvalue weighted by molar-refractivity contribution is 6.33. The number of fused-ring (bicyclic) bond motifs is 1. The Bertz CT molecular complexity index is 573. The van der Waals surface area contributed by atoms with Crippen molar-refractivity contribution < 1.29 is 8.78 Å². The number of nitrogens with zero attached hydrogens (tertiary/aromatic N) is 2. The summed E-state index contributed by atoms with van der Waals surface area (Å²) >= 11 is 4.77. The minimum absolute atomic E-state index is 0.126. The Hall–Kier alpha value is -1.75. The zero-order valence-electron chi connectivity index (χ0n) is 8.57. The summed E-state index contributed by atoms with van der Waals surface area (Å²) in [5.41, 5.74) is 5.10. The molecule has 0 unspecified atom stereocenters. The molecule has 0 amide bonds. The fourth-order valence-corrected chi connectivity index (χ4v) is 1.41. The largest absolute Gasteiger partial charge is 0.381 e. The second-order valence-electron chi connectivity index (χ2n) is 3.35. The molecule has 0 aliphatic carbocycles. The Morgan fingerprint density at radius 2 is 2.00 bits per heavy atom. The molecule has 2 rings (SSSR count). The van der Waals surface area contributed by atoms with Gasteiger partial charge in [-0.3, -0.25) is 0 Å². The first-order valence-electron chi connectivity index (χ1n) is 4.73. The number of hydrogen-bond donors (Lipinski definition) is 1. The van der Waals surface area contributed by atoms with Gasteiger partial charge < -0.3 is 5.73 Å². The lowest BCUT2D eigenvalue weighted by molar-refractivity contribution is 0.174. The van der Waals surface area contributed by atoms with E-state index in [9.17, 15) is 8.78 Å². The standard InChI is InChI=1S/C11H8ClF2N3/c12-11(13,14)10(15)17-9-8-4-2-1-3-7(8)5-6-16-9/h1-6H,(H2,15,16,17). The summed E-state index contributed by atoms with van der Waals surface area (Å²) in [6.07, 6.45) is 1.47. The molecule has 1 heterocycles. The number of nitrogens with two attached hydrogens (primary N) is 1. The highest BCUT2D eigenvalue weighted by Crippen LogP contribution is 2.26. The molecule has 6 heteroatoms. The van der Waals surface area contributed by atoms with Gasteiger partial charge in [0.2, 0.25) is 0 Å². The molecule has 0 radical (unpaired) electrons. The fourth-order valence-electron chi connectivity index (χ4n) is 1.37. The van der Waals surface area contributed by atoms with E-state index in [-0.39, 0.29) is 5.82 Å². The molecule has 2 N–H and O–H groups in total. The van der Waals surface area contributed by atoms with Crippen LogP contribution in [-0.2, 0) is 0 Å². The highest BCUT2D eigenvalue weighted by Gasteiger charge is 2.30. The first-order chi connectivity index (χ1) is 7.98. The molecule has 0 aliphatic heterocycles. The van der Waals surface area contributed by atoms with Crippen LogP contribution < -0.4 is 5.73 Å². The molecule has 0 spiro atoms. The van der Waals surface area contributed by atoms with Crippen molar-refractivity contribution in [2.24, 2.45) is 10.7 Å². The maximum atomic E-state index is 12.7. The molecule has 17 heavy (non-hydrogen) atoms. The van der Waals surface area contributed by atoms with Crippen LogP contribution in [0.25, 0.3) is 10.8 Å². The summed E-state index contributed by atoms with van der Waals surface area (Å²) < 4.78 is 25.4. The number of pyridine rings is 1. The van der Waals surface area contributed by atoms with Gasteiger partial charge in [-0.1, -0.05) is 24.3 Å². The quantitative estimate of drug-likeness (QED) is 0.509. The molecule has 2 aromatic rings. The van der Waals surface area contributed by atoms with Crippen LogP contribution in [0, 0.1) is 0 Å². The Balaban J connectivity index is 2.57. The van der Waals surface area contributed by atoms with E-state index >= 15 is 0 Å². The molecule has 88 valence electrons. The van der Waals surface area contributed by atoms with Crippen molar-refractivity contribution in [3.05, 3.63) is 36.5 Å². The van der Waals surface area contributed by atoms with Crippen LogP contribution in [0.4, 0.5) is 14.6 Å². The molecule has 0 atom stereocenters. The van der Waals surface area contributed by atoms with E-state index in [4.69, 9.17) is 17.3 Å². The lowest BCUT2D eigenvalue weighted by atomic mass is 10.2. The normalized spacial score (nSPS) is 13.0. The van der Waals surface area contributed by atoms with E-state index in [1.165, 1.54) is 6.20 Å². The van der Waals surface area contributed by atoms with Gasteiger partial charge >= 0.3 is 5.38 Å². The van der Waals surface area contributed by atoms with Crippen LogP contribution in [0.3, 0.4) is 0 Å². The minimum Gasteiger partial charge on any atom is -0.381 e. The van der Waals surface area contributed by atoms with Gasteiger partial charge in [0.05, 0.1) is 0 Å². The van der Waals surface area contributed by atoms with Gasteiger partial charge in [0.25, 0.3) is 0 Å². The topological polar surface area (TPSA) is 51.3 Å². The van der Waals surface area contributed by atoms with Crippen molar-refractivity contribution >= 4 is 34.0 Å². The fraction of sp³-hybridized carbons (Fsp3) is 0.0909. The molecule has 3 nitrogen and oxygen atoms in total. The molecule has 0 saturated carbocycles. The van der Waals surface area contributed by atoms with Crippen LogP contribution in [0.5, 0.6) is 0 Å². The molecular formula is C11H8ClF2N3. The van der Waals surface area contributed by atoms with Crippen molar-refractivity contribution in [3.63, 3.8) is 0 Å². The zero-order chi connectivity index (χ0) is 12.5. The van der Waals surface area contributed by atoms with E-state index < -0.39 is 11.2 Å². The Morgan fingerprint density at radius 1 is 1.29 bits per heavy atom. The summed E-state index contributed by atoms with van der Waals surface area (Å²) in [7, 11) is 0. The van der Waals surface area contributed by atoms with Crippen molar-refractivity contribution in [1.82, 2.24) is 4.98 Å². The van der Waals surface area contributed by atoms with Crippen molar-refractivity contribution in [2.45, 2.75) is 5.38 Å². The molecule has 0 fully saturated rings. The number of aliphatic imine (C=N–C) groups is 1. The van der Waals surface area contributed by atoms with Gasteiger partial charge in [-0.15, -0.1) is 0 Å². The molecule has 1 aromatic carbocycles. The predicted octanol–water partition coefficient (Wildman–Crippen LogP) is 3.06. The van der Waals surface area contributed by atoms with Gasteiger partial charge in [0.1, 0.15) is 0 Å². The van der Waals surface area contributed by atoms with E-state index in [0.717, 1.165) is 5.39 Å². The first kappa shape index (κ1) is 11.7. The van der Waals surface area contributed by atoms with Crippen LogP contribution in [0.15, 0.2) is 41.5 Å². The van der Waals surface area contributed by atoms with Gasteiger partial charge in [-0.2, -0.15) is 8.78 Å². The number of aromatic nitrogens is 1. The average molecular weight is 256 g/mol. The monoisotopic (exact) mass is 255 g/mol. The number of benzene rings is 1. The van der Waals surface area contributed by atoms with Gasteiger partial charge in [0, 0.05) is 11.6 Å². The smallest absolute Gasteiger partial charge is 0.379 e. The van der Waals surface area contributed by atoms with Gasteiger partial charge in [-0.05, 0) is 23.1 Å². The number of alkyl halides is 3. The maximum Gasteiger partial charge on any atom is 0.379 e. The van der Waals surface area contributed by atoms with Gasteiger partial charge in [-0.25, -0.2) is 9.98 Å². The third kappa shape index (κ3) is 2.50. The van der Waals surface area contributed by atoms with Crippen LogP contribution in [0.2, 0.25) is 0 Å². The van der Waals surface area contributed by atoms with E-state index in [0.29, 0.717) is 5.39 Å². The van der Waals surface area contributed by atoms with Crippen molar-refractivity contribution in [2.75, 3.05) is 0 Å².